The minimum absolute atomic E-state index is 0.270. The number of benzene rings is 2. The van der Waals surface area contributed by atoms with E-state index in [1.54, 1.807) is 18.2 Å². The zero-order chi connectivity index (χ0) is 17.0. The number of rotatable bonds is 1. The van der Waals surface area contributed by atoms with E-state index in [9.17, 15) is 14.4 Å². The number of hydrogen-bond acceptors (Lipinski definition) is 5. The predicted molar refractivity (Wildman–Crippen MR) is 87.7 cm³/mol. The number of fused-ring (bicyclic) bond motifs is 4. The summed E-state index contributed by atoms with van der Waals surface area (Å²) in [5.74, 6) is -1.36. The number of aryl methyl sites for hydroxylation is 1. The van der Waals surface area contributed by atoms with Crippen LogP contribution < -0.4 is 11.3 Å². The Morgan fingerprint density at radius 3 is 2.46 bits per heavy atom. The first-order valence-corrected chi connectivity index (χ1v) is 7.12. The molecule has 0 atom stereocenters. The van der Waals surface area contributed by atoms with Gasteiger partial charge in [-0.05, 0) is 47.5 Å². The van der Waals surface area contributed by atoms with Crippen LogP contribution in [0.25, 0.3) is 32.7 Å². The van der Waals surface area contributed by atoms with Crippen LogP contribution in [0.2, 0.25) is 0 Å². The van der Waals surface area contributed by atoms with Crippen LogP contribution >= 0.6 is 0 Å². The van der Waals surface area contributed by atoms with Crippen LogP contribution in [0.3, 0.4) is 0 Å². The molecule has 0 fully saturated rings. The first kappa shape index (κ1) is 14.2. The average Bonchev–Trinajstić information content (AvgIpc) is 2.52. The van der Waals surface area contributed by atoms with Crippen LogP contribution in [-0.2, 0) is 0 Å². The molecule has 0 radical (unpaired) electrons. The summed E-state index contributed by atoms with van der Waals surface area (Å²) in [5.41, 5.74) is -0.361. The van der Waals surface area contributed by atoms with Crippen LogP contribution in [-0.4, -0.2) is 11.1 Å². The molecule has 0 unspecified atom stereocenters. The fourth-order valence-electron chi connectivity index (χ4n) is 2.89. The summed E-state index contributed by atoms with van der Waals surface area (Å²) in [4.78, 5) is 34.5. The Morgan fingerprint density at radius 2 is 1.71 bits per heavy atom. The lowest BCUT2D eigenvalue weighted by Crippen LogP contribution is -2.12. The Kier molecular flexibility index (Phi) is 2.83. The van der Waals surface area contributed by atoms with Gasteiger partial charge in [0.1, 0.15) is 16.7 Å². The molecule has 0 aliphatic heterocycles. The van der Waals surface area contributed by atoms with E-state index < -0.39 is 22.8 Å². The first-order valence-electron chi connectivity index (χ1n) is 7.12. The monoisotopic (exact) mass is 322 g/mol. The second kappa shape index (κ2) is 4.79. The topological polar surface area (TPSA) is 97.7 Å². The predicted octanol–water partition coefficient (Wildman–Crippen LogP) is 3.06. The molecule has 24 heavy (non-hydrogen) atoms. The Morgan fingerprint density at radius 1 is 0.917 bits per heavy atom. The molecule has 0 aliphatic carbocycles. The Bertz CT molecular complexity index is 1280. The van der Waals surface area contributed by atoms with E-state index in [1.165, 1.54) is 12.1 Å². The van der Waals surface area contributed by atoms with Gasteiger partial charge in [-0.25, -0.2) is 14.4 Å². The summed E-state index contributed by atoms with van der Waals surface area (Å²) < 4.78 is 10.3. The average molecular weight is 322 g/mol. The molecule has 2 aromatic carbocycles. The molecular formula is C18H10O6. The molecule has 2 aromatic heterocycles. The third-order valence-electron chi connectivity index (χ3n) is 4.03. The number of carboxylic acid groups (broad SMARTS) is 1. The van der Waals surface area contributed by atoms with Crippen molar-refractivity contribution in [3.63, 3.8) is 0 Å². The summed E-state index contributed by atoms with van der Waals surface area (Å²) in [6.45, 7) is 1.81. The number of carboxylic acids is 1. The van der Waals surface area contributed by atoms with E-state index in [2.05, 4.69) is 0 Å². The molecule has 1 N–H and O–H groups in total. The number of aromatic carboxylic acids is 1. The summed E-state index contributed by atoms with van der Waals surface area (Å²) in [6.07, 6.45) is 0. The van der Waals surface area contributed by atoms with Crippen LogP contribution in [0.1, 0.15) is 15.9 Å². The molecule has 0 amide bonds. The van der Waals surface area contributed by atoms with Gasteiger partial charge in [0.25, 0.3) is 0 Å². The third-order valence-corrected chi connectivity index (χ3v) is 4.03. The fraction of sp³-hybridized carbons (Fsp3) is 0.0556. The molecular weight excluding hydrogens is 312 g/mol. The second-order valence-corrected chi connectivity index (χ2v) is 5.55. The lowest BCUT2D eigenvalue weighted by atomic mass is 10.0. The largest absolute Gasteiger partial charge is 0.477 e. The molecule has 0 bridgehead atoms. The minimum Gasteiger partial charge on any atom is -0.477 e. The molecule has 0 aliphatic rings. The summed E-state index contributed by atoms with van der Waals surface area (Å²) in [6, 6.07) is 9.60. The molecule has 118 valence electrons. The zero-order valence-corrected chi connectivity index (χ0v) is 12.5. The highest BCUT2D eigenvalue weighted by atomic mass is 16.4. The van der Waals surface area contributed by atoms with Crippen molar-refractivity contribution in [2.75, 3.05) is 0 Å². The third kappa shape index (κ3) is 2.00. The Hall–Kier alpha value is -3.41. The fourth-order valence-corrected chi connectivity index (χ4v) is 2.89. The van der Waals surface area contributed by atoms with Crippen molar-refractivity contribution in [3.05, 3.63) is 68.4 Å². The molecule has 0 spiro atoms. The maximum absolute atomic E-state index is 11.7. The number of hydrogen-bond donors (Lipinski definition) is 1. The first-order chi connectivity index (χ1) is 11.4. The van der Waals surface area contributed by atoms with Crippen molar-refractivity contribution in [3.8, 4) is 0 Å². The standard InChI is InChI=1S/C18H10O6/c1-8-4-16(19)23-15-7-11-9(5-10(8)15)2-3-14-12(11)6-13(17(20)21)18(22)24-14/h2-7H,1H3,(H,20,21). The highest BCUT2D eigenvalue weighted by Gasteiger charge is 2.14. The van der Waals surface area contributed by atoms with Crippen molar-refractivity contribution in [2.24, 2.45) is 0 Å². The lowest BCUT2D eigenvalue weighted by Gasteiger charge is -2.07. The quantitative estimate of drug-likeness (QED) is 0.328. The highest BCUT2D eigenvalue weighted by Crippen LogP contribution is 2.30. The van der Waals surface area contributed by atoms with Gasteiger partial charge in [0.15, 0.2) is 0 Å². The van der Waals surface area contributed by atoms with Crippen LogP contribution in [0.5, 0.6) is 0 Å². The van der Waals surface area contributed by atoms with Crippen LogP contribution in [0, 0.1) is 6.92 Å². The van der Waals surface area contributed by atoms with Crippen LogP contribution in [0.4, 0.5) is 0 Å². The zero-order valence-electron chi connectivity index (χ0n) is 12.5. The molecule has 4 aromatic rings. The maximum atomic E-state index is 11.7. The van der Waals surface area contributed by atoms with Gasteiger partial charge in [-0.2, -0.15) is 0 Å². The van der Waals surface area contributed by atoms with Gasteiger partial charge in [-0.15, -0.1) is 0 Å². The lowest BCUT2D eigenvalue weighted by molar-refractivity contribution is 0.0692. The van der Waals surface area contributed by atoms with E-state index in [1.807, 2.05) is 13.0 Å². The highest BCUT2D eigenvalue weighted by molar-refractivity contribution is 6.11. The molecule has 0 saturated heterocycles. The maximum Gasteiger partial charge on any atom is 0.351 e. The van der Waals surface area contributed by atoms with E-state index in [4.69, 9.17) is 13.9 Å². The Labute approximate surface area is 133 Å². The molecule has 6 nitrogen and oxygen atoms in total. The van der Waals surface area contributed by atoms with Crippen molar-refractivity contribution in [1.82, 2.24) is 0 Å². The van der Waals surface area contributed by atoms with Crippen LogP contribution in [0.15, 0.2) is 54.8 Å². The molecule has 0 saturated carbocycles. The smallest absolute Gasteiger partial charge is 0.351 e. The van der Waals surface area contributed by atoms with Crippen molar-refractivity contribution in [2.45, 2.75) is 6.92 Å². The minimum atomic E-state index is -1.36. The van der Waals surface area contributed by atoms with E-state index in [0.717, 1.165) is 16.3 Å². The molecule has 2 heterocycles. The summed E-state index contributed by atoms with van der Waals surface area (Å²) in [7, 11) is 0. The van der Waals surface area contributed by atoms with Gasteiger partial charge < -0.3 is 13.9 Å². The van der Waals surface area contributed by atoms with E-state index in [-0.39, 0.29) is 5.58 Å². The van der Waals surface area contributed by atoms with Crippen molar-refractivity contribution < 1.29 is 18.7 Å². The SMILES string of the molecule is Cc1cc(=O)oc2cc3c(ccc4oc(=O)c(C(=O)O)cc43)cc12. The van der Waals surface area contributed by atoms with E-state index in [0.29, 0.717) is 16.4 Å². The van der Waals surface area contributed by atoms with Crippen molar-refractivity contribution in [1.29, 1.82) is 0 Å². The molecule has 4 rings (SSSR count). The summed E-state index contributed by atoms with van der Waals surface area (Å²) >= 11 is 0. The van der Waals surface area contributed by atoms with Gasteiger partial charge in [-0.1, -0.05) is 6.07 Å². The van der Waals surface area contributed by atoms with Gasteiger partial charge in [0.2, 0.25) is 0 Å². The van der Waals surface area contributed by atoms with Gasteiger partial charge in [-0.3, -0.25) is 0 Å². The van der Waals surface area contributed by atoms with Crippen molar-refractivity contribution >= 4 is 38.7 Å². The second-order valence-electron chi connectivity index (χ2n) is 5.55. The normalized spacial score (nSPS) is 11.4. The van der Waals surface area contributed by atoms with Gasteiger partial charge in [0.05, 0.1) is 0 Å². The summed E-state index contributed by atoms with van der Waals surface area (Å²) in [5, 5.41) is 11.8. The van der Waals surface area contributed by atoms with Gasteiger partial charge >= 0.3 is 17.2 Å². The number of carbonyl (C=O) groups is 1. The van der Waals surface area contributed by atoms with E-state index >= 15 is 0 Å². The van der Waals surface area contributed by atoms with Gasteiger partial charge in [0, 0.05) is 16.8 Å². The molecule has 6 heteroatoms. The Balaban J connectivity index is 2.22.